The Bertz CT molecular complexity index is 1390. The zero-order valence-corrected chi connectivity index (χ0v) is 19.1. The third kappa shape index (κ3) is 3.42. The van der Waals surface area contributed by atoms with E-state index >= 15 is 0 Å². The molecule has 1 saturated heterocycles. The van der Waals surface area contributed by atoms with Crippen molar-refractivity contribution in [3.8, 4) is 5.75 Å². The molecule has 0 unspecified atom stereocenters. The summed E-state index contributed by atoms with van der Waals surface area (Å²) >= 11 is 0. The van der Waals surface area contributed by atoms with Crippen LogP contribution in [0.5, 0.6) is 5.75 Å². The summed E-state index contributed by atoms with van der Waals surface area (Å²) in [5.74, 6) is 0.586. The van der Waals surface area contributed by atoms with E-state index in [1.165, 1.54) is 23.8 Å². The van der Waals surface area contributed by atoms with Crippen molar-refractivity contribution in [3.63, 3.8) is 0 Å². The summed E-state index contributed by atoms with van der Waals surface area (Å²) in [6.45, 7) is 3.54. The lowest BCUT2D eigenvalue weighted by Gasteiger charge is -2.40. The molecule has 3 N–H and O–H groups in total. The second-order valence-corrected chi connectivity index (χ2v) is 9.70. The van der Waals surface area contributed by atoms with Crippen molar-refractivity contribution < 1.29 is 14.2 Å². The molecule has 0 radical (unpaired) electrons. The molecular formula is C23H27FN8O2. The maximum atomic E-state index is 14.4. The van der Waals surface area contributed by atoms with Crippen LogP contribution in [-0.2, 0) is 0 Å². The highest BCUT2D eigenvalue weighted by Crippen LogP contribution is 2.41. The average Bonchev–Trinajstić information content (AvgIpc) is 3.46. The van der Waals surface area contributed by atoms with Crippen molar-refractivity contribution >= 4 is 28.2 Å². The van der Waals surface area contributed by atoms with Gasteiger partial charge in [0.15, 0.2) is 23.0 Å². The van der Waals surface area contributed by atoms with Crippen molar-refractivity contribution in [2.75, 3.05) is 30.8 Å². The van der Waals surface area contributed by atoms with Gasteiger partial charge in [-0.15, -0.1) is 5.10 Å². The normalized spacial score (nSPS) is 25.1. The molecule has 0 spiro atoms. The van der Waals surface area contributed by atoms with Gasteiger partial charge in [0.1, 0.15) is 0 Å². The highest BCUT2D eigenvalue weighted by Gasteiger charge is 2.40. The number of ether oxygens (including phenoxy) is 1. The number of halogens is 1. The van der Waals surface area contributed by atoms with E-state index in [1.807, 2.05) is 17.8 Å². The molecule has 178 valence electrons. The maximum absolute atomic E-state index is 14.4. The van der Waals surface area contributed by atoms with E-state index < -0.39 is 11.4 Å². The molecule has 6 rings (SSSR count). The predicted molar refractivity (Wildman–Crippen MR) is 125 cm³/mol. The minimum Gasteiger partial charge on any atom is -0.494 e. The summed E-state index contributed by atoms with van der Waals surface area (Å²) in [6, 6.07) is 3.14. The number of nitrogens with zero attached hydrogens (tertiary/aromatic N) is 7. The van der Waals surface area contributed by atoms with Gasteiger partial charge in [-0.3, -0.25) is 4.68 Å². The number of piperidine rings is 1. The fourth-order valence-corrected chi connectivity index (χ4v) is 5.23. The molecule has 34 heavy (non-hydrogen) atoms. The van der Waals surface area contributed by atoms with Crippen LogP contribution < -0.4 is 15.4 Å². The Kier molecular flexibility index (Phi) is 4.67. The molecule has 10 nitrogen and oxygen atoms in total. The lowest BCUT2D eigenvalue weighted by molar-refractivity contribution is -0.0543. The van der Waals surface area contributed by atoms with Gasteiger partial charge in [0.2, 0.25) is 5.95 Å². The van der Waals surface area contributed by atoms with Gasteiger partial charge in [-0.1, -0.05) is 0 Å². The van der Waals surface area contributed by atoms with Crippen molar-refractivity contribution in [1.82, 2.24) is 29.4 Å². The van der Waals surface area contributed by atoms with E-state index in [1.54, 1.807) is 0 Å². The summed E-state index contributed by atoms with van der Waals surface area (Å²) < 4.78 is 22.9. The Balaban J connectivity index is 1.29. The summed E-state index contributed by atoms with van der Waals surface area (Å²) in [5, 5.41) is 19.8. The quantitative estimate of drug-likeness (QED) is 0.471. The Labute approximate surface area is 195 Å². The molecule has 0 amide bonds. The fourth-order valence-electron chi connectivity index (χ4n) is 5.23. The van der Waals surface area contributed by atoms with E-state index in [9.17, 15) is 9.50 Å². The van der Waals surface area contributed by atoms with Crippen LogP contribution in [0.2, 0.25) is 0 Å². The van der Waals surface area contributed by atoms with Crippen LogP contribution in [0.3, 0.4) is 0 Å². The largest absolute Gasteiger partial charge is 0.494 e. The highest BCUT2D eigenvalue weighted by molar-refractivity contribution is 5.93. The predicted octanol–water partition coefficient (Wildman–Crippen LogP) is 2.67. The molecule has 1 aliphatic carbocycles. The Hall–Kier alpha value is -3.47. The molecule has 0 bridgehead atoms. The zero-order chi connectivity index (χ0) is 23.6. The fraction of sp³-hybridized carbons (Fsp3) is 0.478. The van der Waals surface area contributed by atoms with Crippen molar-refractivity contribution in [3.05, 3.63) is 36.2 Å². The SMILES string of the molecule is COc1cc2nc(N)n3nc([C@H]4CCCN(c5cnn(C6CC(C)(O)C6)c5)C4)nc3c2cc1F. The number of hydrogen-bond acceptors (Lipinski definition) is 8. The number of rotatable bonds is 4. The molecule has 11 heteroatoms. The Morgan fingerprint density at radius 2 is 2.09 bits per heavy atom. The van der Waals surface area contributed by atoms with Gasteiger partial charge in [0.25, 0.3) is 0 Å². The summed E-state index contributed by atoms with van der Waals surface area (Å²) in [4.78, 5) is 11.4. The molecule has 1 aliphatic heterocycles. The van der Waals surface area contributed by atoms with E-state index in [-0.39, 0.29) is 23.7 Å². The minimum atomic E-state index is -0.587. The minimum absolute atomic E-state index is 0.0963. The monoisotopic (exact) mass is 466 g/mol. The first-order chi connectivity index (χ1) is 16.3. The molecular weight excluding hydrogens is 439 g/mol. The second-order valence-electron chi connectivity index (χ2n) is 9.70. The second kappa shape index (κ2) is 7.52. The molecule has 3 aromatic heterocycles. The number of methoxy groups -OCH3 is 1. The summed E-state index contributed by atoms with van der Waals surface area (Å²) in [7, 11) is 1.41. The maximum Gasteiger partial charge on any atom is 0.223 e. The summed E-state index contributed by atoms with van der Waals surface area (Å²) in [6.07, 6.45) is 7.32. The Morgan fingerprint density at radius 3 is 2.85 bits per heavy atom. The van der Waals surface area contributed by atoms with Crippen LogP contribution in [0.4, 0.5) is 16.0 Å². The molecule has 4 heterocycles. The first-order valence-corrected chi connectivity index (χ1v) is 11.5. The van der Waals surface area contributed by atoms with Gasteiger partial charge in [-0.05, 0) is 38.7 Å². The summed E-state index contributed by atoms with van der Waals surface area (Å²) in [5.41, 5.74) is 7.62. The van der Waals surface area contributed by atoms with E-state index in [0.717, 1.165) is 44.5 Å². The van der Waals surface area contributed by atoms with Gasteiger partial charge in [0.05, 0.1) is 36.2 Å². The van der Waals surface area contributed by atoms with Crippen LogP contribution in [0.15, 0.2) is 24.5 Å². The van der Waals surface area contributed by atoms with Gasteiger partial charge in [-0.2, -0.15) is 9.61 Å². The number of fused-ring (bicyclic) bond motifs is 3. The van der Waals surface area contributed by atoms with E-state index in [4.69, 9.17) is 15.5 Å². The smallest absolute Gasteiger partial charge is 0.223 e. The first-order valence-electron chi connectivity index (χ1n) is 11.5. The standard InChI is InChI=1S/C23H27FN8O2/c1-23(33)8-14(9-23)31-12-15(10-26-31)30-5-3-4-13(11-30)20-28-21-16-6-17(24)19(34-2)7-18(16)27-22(25)32(21)29-20/h6-7,10,12-14,33H,3-5,8-9,11H2,1-2H3,(H2,25,27)/t13-,14?,23?/m0/s1. The number of aliphatic hydroxyl groups is 1. The number of benzene rings is 1. The molecule has 2 aliphatic rings. The zero-order valence-electron chi connectivity index (χ0n) is 19.1. The topological polar surface area (TPSA) is 120 Å². The number of anilines is 2. The van der Waals surface area contributed by atoms with Gasteiger partial charge < -0.3 is 20.5 Å². The Morgan fingerprint density at radius 1 is 1.26 bits per heavy atom. The lowest BCUT2D eigenvalue weighted by Crippen LogP contribution is -2.42. The van der Waals surface area contributed by atoms with Crippen LogP contribution in [0, 0.1) is 5.82 Å². The first kappa shape index (κ1) is 21.1. The molecule has 1 atom stereocenters. The molecule has 2 fully saturated rings. The van der Waals surface area contributed by atoms with Crippen LogP contribution in [-0.4, -0.2) is 60.3 Å². The molecule has 1 saturated carbocycles. The van der Waals surface area contributed by atoms with Gasteiger partial charge in [0, 0.05) is 36.7 Å². The number of aromatic nitrogens is 6. The number of hydrogen-bond donors (Lipinski definition) is 2. The number of nitrogen functional groups attached to an aromatic ring is 1. The van der Waals surface area contributed by atoms with Crippen LogP contribution in [0.1, 0.15) is 50.4 Å². The van der Waals surface area contributed by atoms with E-state index in [2.05, 4.69) is 26.3 Å². The average molecular weight is 467 g/mol. The van der Waals surface area contributed by atoms with Gasteiger partial charge in [-0.25, -0.2) is 14.4 Å². The highest BCUT2D eigenvalue weighted by atomic mass is 19.1. The molecule has 4 aromatic rings. The van der Waals surface area contributed by atoms with Crippen molar-refractivity contribution in [1.29, 1.82) is 0 Å². The van der Waals surface area contributed by atoms with Gasteiger partial charge >= 0.3 is 0 Å². The van der Waals surface area contributed by atoms with Crippen LogP contribution in [0.25, 0.3) is 16.6 Å². The van der Waals surface area contributed by atoms with E-state index in [0.29, 0.717) is 22.4 Å². The van der Waals surface area contributed by atoms with Crippen molar-refractivity contribution in [2.24, 2.45) is 0 Å². The molecule has 1 aromatic carbocycles. The number of nitrogens with two attached hydrogens (primary N) is 1. The third-order valence-corrected chi connectivity index (χ3v) is 7.05. The van der Waals surface area contributed by atoms with Crippen molar-refractivity contribution in [2.45, 2.75) is 50.2 Å². The lowest BCUT2D eigenvalue weighted by atomic mass is 9.77. The third-order valence-electron chi connectivity index (χ3n) is 7.05. The van der Waals surface area contributed by atoms with Crippen LogP contribution >= 0.6 is 0 Å².